The molecule has 0 aliphatic carbocycles. The SMILES string of the molecule is C=CCOCC(O)CN(CCS(=O)(=O)O)C(CCCCCCCCCCCCCCCCCCC)=S=O. The van der Waals surface area contributed by atoms with Crippen LogP contribution in [0, 0.1) is 0 Å². The summed E-state index contributed by atoms with van der Waals surface area (Å²) in [6, 6.07) is 0. The van der Waals surface area contributed by atoms with Gasteiger partial charge in [-0.15, -0.1) is 6.58 Å². The van der Waals surface area contributed by atoms with Gasteiger partial charge in [0.25, 0.3) is 10.1 Å². The second kappa shape index (κ2) is 25.7. The summed E-state index contributed by atoms with van der Waals surface area (Å²) in [5.74, 6) is -0.490. The lowest BCUT2D eigenvalue weighted by Crippen LogP contribution is -2.41. The number of aliphatic hydroxyl groups is 1. The molecule has 1 atom stereocenters. The summed E-state index contributed by atoms with van der Waals surface area (Å²) in [7, 11) is -4.16. The number of aliphatic hydroxyl groups excluding tert-OH is 1. The number of unbranched alkanes of at least 4 members (excludes halogenated alkanes) is 16. The van der Waals surface area contributed by atoms with Crippen molar-refractivity contribution < 1.29 is 27.0 Å². The van der Waals surface area contributed by atoms with E-state index in [9.17, 15) is 17.7 Å². The number of nitrogens with zero attached hydrogens (tertiary/aromatic N) is 1. The molecule has 0 aromatic carbocycles. The van der Waals surface area contributed by atoms with Crippen molar-refractivity contribution in [1.29, 1.82) is 0 Å². The minimum absolute atomic E-state index is 0.0408. The third-order valence-corrected chi connectivity index (χ3v) is 7.89. The van der Waals surface area contributed by atoms with Crippen LogP contribution in [-0.2, 0) is 26.1 Å². The molecular formula is C28H55NO6S2. The van der Waals surface area contributed by atoms with Gasteiger partial charge in [0.2, 0.25) is 0 Å². The zero-order valence-electron chi connectivity index (χ0n) is 23.4. The zero-order valence-corrected chi connectivity index (χ0v) is 25.0. The molecule has 220 valence electrons. The molecule has 0 aliphatic rings. The Morgan fingerprint density at radius 2 is 1.35 bits per heavy atom. The summed E-state index contributed by atoms with van der Waals surface area (Å²) >= 11 is 0.335. The lowest BCUT2D eigenvalue weighted by molar-refractivity contribution is 0.0380. The smallest absolute Gasteiger partial charge is 0.266 e. The Kier molecular flexibility index (Phi) is 25.3. The van der Waals surface area contributed by atoms with Gasteiger partial charge >= 0.3 is 0 Å². The minimum Gasteiger partial charge on any atom is -0.389 e. The van der Waals surface area contributed by atoms with E-state index in [1.807, 2.05) is 0 Å². The second-order valence-corrected chi connectivity index (χ2v) is 12.3. The van der Waals surface area contributed by atoms with Crippen LogP contribution in [-0.4, -0.2) is 70.3 Å². The minimum atomic E-state index is -4.16. The summed E-state index contributed by atoms with van der Waals surface area (Å²) in [4.78, 5) is 2.06. The molecule has 9 heteroatoms. The lowest BCUT2D eigenvalue weighted by atomic mass is 10.0. The Hall–Kier alpha value is -0.580. The van der Waals surface area contributed by atoms with Gasteiger partial charge in [-0.2, -0.15) is 8.42 Å². The first-order valence-electron chi connectivity index (χ1n) is 14.6. The van der Waals surface area contributed by atoms with Gasteiger partial charge in [-0.25, -0.2) is 4.21 Å². The summed E-state index contributed by atoms with van der Waals surface area (Å²) < 4.78 is 48.5. The molecule has 0 radical (unpaired) electrons. The molecule has 7 nitrogen and oxygen atoms in total. The number of ether oxygens (including phenoxy) is 1. The molecule has 0 fully saturated rings. The highest BCUT2D eigenvalue weighted by Crippen LogP contribution is 2.15. The largest absolute Gasteiger partial charge is 0.389 e. The van der Waals surface area contributed by atoms with Crippen LogP contribution in [0.5, 0.6) is 0 Å². The van der Waals surface area contributed by atoms with Crippen molar-refractivity contribution in [2.75, 3.05) is 32.1 Å². The highest BCUT2D eigenvalue weighted by Gasteiger charge is 2.19. The van der Waals surface area contributed by atoms with E-state index in [4.69, 9.17) is 9.29 Å². The van der Waals surface area contributed by atoms with Crippen LogP contribution in [0.2, 0.25) is 0 Å². The van der Waals surface area contributed by atoms with Crippen molar-refractivity contribution >= 4 is 26.4 Å². The van der Waals surface area contributed by atoms with Crippen molar-refractivity contribution in [2.45, 2.75) is 129 Å². The van der Waals surface area contributed by atoms with E-state index >= 15 is 0 Å². The average Bonchev–Trinajstić information content (AvgIpc) is 2.86. The highest BCUT2D eigenvalue weighted by atomic mass is 32.2. The Morgan fingerprint density at radius 1 is 0.892 bits per heavy atom. The van der Waals surface area contributed by atoms with Gasteiger partial charge in [0.05, 0.1) is 30.1 Å². The topological polar surface area (TPSA) is 104 Å². The molecule has 2 N–H and O–H groups in total. The van der Waals surface area contributed by atoms with Crippen LogP contribution in [0.15, 0.2) is 12.7 Å². The second-order valence-electron chi connectivity index (χ2n) is 10.1. The number of hydrogen-bond donors (Lipinski definition) is 2. The first kappa shape index (κ1) is 36.4. The number of rotatable bonds is 27. The normalized spacial score (nSPS) is 12.6. The van der Waals surface area contributed by atoms with Crippen molar-refractivity contribution in [3.05, 3.63) is 12.7 Å². The van der Waals surface area contributed by atoms with Gasteiger partial charge in [-0.3, -0.25) is 9.45 Å². The molecule has 0 aromatic heterocycles. The Labute approximate surface area is 231 Å². The predicted octanol–water partition coefficient (Wildman–Crippen LogP) is 6.12. The standard InChI is InChI=1S/C28H55NO6S2/c1-3-5-6-7-8-9-10-11-12-13-14-15-16-17-18-19-20-21-28(36-31)29(22-24-37(32,33)34)25-27(30)26-35-23-4-2/h4,27,30H,2-3,5-26H2,1H3,(H,32,33,34). The van der Waals surface area contributed by atoms with Crippen LogP contribution in [0.25, 0.3) is 0 Å². The fraction of sp³-hybridized carbons (Fsp3) is 0.893. The fourth-order valence-electron chi connectivity index (χ4n) is 4.39. The average molecular weight is 566 g/mol. The molecule has 0 aromatic rings. The molecule has 0 saturated carbocycles. The van der Waals surface area contributed by atoms with E-state index in [2.05, 4.69) is 13.5 Å². The van der Waals surface area contributed by atoms with Crippen LogP contribution < -0.4 is 0 Å². The van der Waals surface area contributed by atoms with E-state index in [0.29, 0.717) is 29.3 Å². The maximum absolute atomic E-state index is 11.7. The molecule has 0 saturated heterocycles. The van der Waals surface area contributed by atoms with E-state index in [1.165, 1.54) is 89.9 Å². The van der Waals surface area contributed by atoms with Gasteiger partial charge < -0.3 is 9.84 Å². The van der Waals surface area contributed by atoms with Gasteiger partial charge in [0.15, 0.2) is 0 Å². The van der Waals surface area contributed by atoms with Crippen molar-refractivity contribution in [2.24, 2.45) is 0 Å². The molecule has 0 bridgehead atoms. The van der Waals surface area contributed by atoms with E-state index in [0.717, 1.165) is 19.3 Å². The van der Waals surface area contributed by atoms with Gasteiger partial charge in [-0.1, -0.05) is 116 Å². The van der Waals surface area contributed by atoms with E-state index < -0.39 is 22.0 Å². The maximum atomic E-state index is 11.7. The molecular weight excluding hydrogens is 510 g/mol. The molecule has 0 spiro atoms. The van der Waals surface area contributed by atoms with Crippen LogP contribution >= 0.6 is 0 Å². The molecule has 0 heterocycles. The third kappa shape index (κ3) is 25.5. The summed E-state index contributed by atoms with van der Waals surface area (Å²) in [6.07, 6.45) is 23.1. The maximum Gasteiger partial charge on any atom is 0.266 e. The summed E-state index contributed by atoms with van der Waals surface area (Å²) in [5, 5.41) is 10.2. The molecule has 37 heavy (non-hydrogen) atoms. The van der Waals surface area contributed by atoms with Gasteiger partial charge in [-0.05, 0) is 12.8 Å². The Morgan fingerprint density at radius 3 is 1.76 bits per heavy atom. The van der Waals surface area contributed by atoms with Gasteiger partial charge in [0, 0.05) is 13.1 Å². The molecule has 1 unspecified atom stereocenters. The van der Waals surface area contributed by atoms with E-state index in [-0.39, 0.29) is 19.7 Å². The molecule has 0 aliphatic heterocycles. The van der Waals surface area contributed by atoms with E-state index in [1.54, 1.807) is 11.0 Å². The van der Waals surface area contributed by atoms with Crippen molar-refractivity contribution in [3.8, 4) is 0 Å². The monoisotopic (exact) mass is 565 g/mol. The summed E-state index contributed by atoms with van der Waals surface area (Å²) in [5.41, 5.74) is 0. The highest BCUT2D eigenvalue weighted by molar-refractivity contribution is 7.85. The fourth-order valence-corrected chi connectivity index (χ4v) is 5.34. The lowest BCUT2D eigenvalue weighted by Gasteiger charge is -2.25. The quantitative estimate of drug-likeness (QED) is 0.0535. The zero-order chi connectivity index (χ0) is 27.6. The first-order valence-corrected chi connectivity index (χ1v) is 16.9. The number of hydrogen-bond acceptors (Lipinski definition) is 5. The van der Waals surface area contributed by atoms with Crippen LogP contribution in [0.1, 0.15) is 122 Å². The molecule has 0 amide bonds. The molecule has 0 rings (SSSR count). The Balaban J connectivity index is 3.98. The van der Waals surface area contributed by atoms with Crippen molar-refractivity contribution in [3.63, 3.8) is 0 Å². The van der Waals surface area contributed by atoms with Crippen LogP contribution in [0.4, 0.5) is 0 Å². The van der Waals surface area contributed by atoms with Gasteiger partial charge in [0.1, 0.15) is 11.3 Å². The van der Waals surface area contributed by atoms with Crippen LogP contribution in [0.3, 0.4) is 0 Å². The van der Waals surface area contributed by atoms with Crippen molar-refractivity contribution in [1.82, 2.24) is 4.90 Å². The third-order valence-electron chi connectivity index (χ3n) is 6.54. The first-order chi connectivity index (χ1) is 17.8. The predicted molar refractivity (Wildman–Crippen MR) is 157 cm³/mol. The summed E-state index contributed by atoms with van der Waals surface area (Å²) in [6.45, 7) is 6.21. The Bertz CT molecular complexity index is 695.